The highest BCUT2D eigenvalue weighted by Gasteiger charge is 2.34. The van der Waals surface area contributed by atoms with Crippen molar-refractivity contribution >= 4 is 22.6 Å². The summed E-state index contributed by atoms with van der Waals surface area (Å²) in [4.78, 5) is 32.5. The number of fused-ring (bicyclic) bond motifs is 1. The third-order valence-corrected chi connectivity index (χ3v) is 6.03. The molecule has 0 spiro atoms. The second-order valence-corrected chi connectivity index (χ2v) is 8.56. The molecule has 1 aliphatic rings. The number of nitrogens with zero attached hydrogens (tertiary/aromatic N) is 2. The smallest absolute Gasteiger partial charge is 0.417 e. The van der Waals surface area contributed by atoms with Gasteiger partial charge in [0.25, 0.3) is 5.91 Å². The number of para-hydroxylation sites is 1. The first-order valence-corrected chi connectivity index (χ1v) is 11.6. The van der Waals surface area contributed by atoms with Gasteiger partial charge in [-0.2, -0.15) is 13.2 Å². The number of aromatic nitrogens is 1. The Labute approximate surface area is 209 Å². The number of nitrogens with one attached hydrogen (secondary N) is 1. The van der Waals surface area contributed by atoms with Crippen molar-refractivity contribution in [2.75, 3.05) is 31.6 Å². The molecular weight excluding hydrogens is 487 g/mol. The lowest BCUT2D eigenvalue weighted by Gasteiger charge is -2.26. The number of anilines is 1. The lowest BCUT2D eigenvalue weighted by atomic mass is 10.0. The molecule has 2 aromatic heterocycles. The van der Waals surface area contributed by atoms with Crippen LogP contribution in [0, 0.1) is 0 Å². The Bertz CT molecular complexity index is 1510. The van der Waals surface area contributed by atoms with E-state index in [9.17, 15) is 22.8 Å². The van der Waals surface area contributed by atoms with Crippen molar-refractivity contribution in [3.8, 4) is 11.3 Å². The lowest BCUT2D eigenvalue weighted by Crippen LogP contribution is -2.36. The largest absolute Gasteiger partial charge is 0.454 e. The van der Waals surface area contributed by atoms with Crippen molar-refractivity contribution < 1.29 is 27.1 Å². The summed E-state index contributed by atoms with van der Waals surface area (Å²) in [6.07, 6.45) is -4.64. The highest BCUT2D eigenvalue weighted by Crippen LogP contribution is 2.37. The fraction of sp³-hybridized carbons (Fsp3) is 0.222. The van der Waals surface area contributed by atoms with E-state index < -0.39 is 23.1 Å². The van der Waals surface area contributed by atoms with Gasteiger partial charge in [-0.15, -0.1) is 0 Å². The Morgan fingerprint density at radius 3 is 2.54 bits per heavy atom. The molecule has 1 saturated heterocycles. The zero-order valence-corrected chi connectivity index (χ0v) is 19.5. The zero-order valence-electron chi connectivity index (χ0n) is 19.5. The lowest BCUT2D eigenvalue weighted by molar-refractivity contribution is -0.137. The average molecular weight is 509 g/mol. The molecule has 37 heavy (non-hydrogen) atoms. The number of hydrogen-bond donors (Lipinski definition) is 1. The topological polar surface area (TPSA) is 84.7 Å². The molecule has 0 aliphatic carbocycles. The van der Waals surface area contributed by atoms with Gasteiger partial charge < -0.3 is 14.5 Å². The number of amides is 1. The molecule has 7 nitrogen and oxygen atoms in total. The maximum absolute atomic E-state index is 13.6. The summed E-state index contributed by atoms with van der Waals surface area (Å²) in [6.45, 7) is 3.39. The maximum atomic E-state index is 13.6. The number of alkyl halides is 3. The van der Waals surface area contributed by atoms with Crippen LogP contribution in [0.4, 0.5) is 18.9 Å². The summed E-state index contributed by atoms with van der Waals surface area (Å²) < 4.78 is 51.9. The number of halogens is 3. The Morgan fingerprint density at radius 1 is 1.00 bits per heavy atom. The van der Waals surface area contributed by atoms with Gasteiger partial charge in [-0.3, -0.25) is 14.5 Å². The summed E-state index contributed by atoms with van der Waals surface area (Å²) in [5, 5.41) is 2.82. The van der Waals surface area contributed by atoms with Crippen LogP contribution in [0.25, 0.3) is 22.3 Å². The number of ether oxygens (including phenoxy) is 1. The van der Waals surface area contributed by atoms with Gasteiger partial charge in [0.15, 0.2) is 11.0 Å². The van der Waals surface area contributed by atoms with Crippen molar-refractivity contribution in [3.05, 3.63) is 93.9 Å². The van der Waals surface area contributed by atoms with Gasteiger partial charge in [0.1, 0.15) is 11.5 Å². The fourth-order valence-electron chi connectivity index (χ4n) is 4.22. The zero-order chi connectivity index (χ0) is 26.0. The third-order valence-electron chi connectivity index (χ3n) is 6.03. The molecule has 0 atom stereocenters. The number of morpholine rings is 1. The van der Waals surface area contributed by atoms with Crippen LogP contribution in [0.3, 0.4) is 0 Å². The molecule has 0 bridgehead atoms. The molecular formula is C27H22F3N3O4. The SMILES string of the molecule is O=C(Nc1cccc2c(=O)cc(-c3ccccc3C(F)(F)F)oc12)c1cccc(CN2CCOCC2)n1. The summed E-state index contributed by atoms with van der Waals surface area (Å²) in [7, 11) is 0. The highest BCUT2D eigenvalue weighted by molar-refractivity contribution is 6.07. The van der Waals surface area contributed by atoms with Gasteiger partial charge in [-0.25, -0.2) is 4.98 Å². The van der Waals surface area contributed by atoms with Crippen LogP contribution in [0.1, 0.15) is 21.7 Å². The van der Waals surface area contributed by atoms with E-state index in [2.05, 4.69) is 15.2 Å². The molecule has 1 fully saturated rings. The van der Waals surface area contributed by atoms with Crippen molar-refractivity contribution in [3.63, 3.8) is 0 Å². The number of hydrogen-bond acceptors (Lipinski definition) is 6. The molecule has 2 aromatic carbocycles. The second-order valence-electron chi connectivity index (χ2n) is 8.56. The standard InChI is InChI=1S/C27H22F3N3O4/c28-27(29,30)20-8-2-1-6-18(20)24-15-23(34)19-7-4-9-21(25(19)37-24)32-26(35)22-10-3-5-17(31-22)16-33-11-13-36-14-12-33/h1-10,15H,11-14,16H2,(H,32,35). The van der Waals surface area contributed by atoms with Gasteiger partial charge in [0, 0.05) is 31.3 Å². The van der Waals surface area contributed by atoms with E-state index in [1.807, 2.05) is 6.07 Å². The molecule has 0 radical (unpaired) electrons. The predicted molar refractivity (Wildman–Crippen MR) is 131 cm³/mol. The summed E-state index contributed by atoms with van der Waals surface area (Å²) in [5.41, 5.74) is -0.747. The first-order chi connectivity index (χ1) is 17.8. The first kappa shape index (κ1) is 24.7. The summed E-state index contributed by atoms with van der Waals surface area (Å²) >= 11 is 0. The number of carbonyl (C=O) groups excluding carboxylic acids is 1. The van der Waals surface area contributed by atoms with Gasteiger partial charge >= 0.3 is 6.18 Å². The third kappa shape index (κ3) is 5.40. The van der Waals surface area contributed by atoms with Crippen LogP contribution < -0.4 is 10.7 Å². The molecule has 3 heterocycles. The van der Waals surface area contributed by atoms with E-state index in [0.29, 0.717) is 25.5 Å². The molecule has 0 saturated carbocycles. The predicted octanol–water partition coefficient (Wildman–Crippen LogP) is 4.96. The molecule has 1 amide bonds. The van der Waals surface area contributed by atoms with E-state index in [-0.39, 0.29) is 33.7 Å². The molecule has 1 N–H and O–H groups in total. The van der Waals surface area contributed by atoms with Gasteiger partial charge in [-0.05, 0) is 30.3 Å². The van der Waals surface area contributed by atoms with Crippen molar-refractivity contribution in [1.82, 2.24) is 9.88 Å². The highest BCUT2D eigenvalue weighted by atomic mass is 19.4. The maximum Gasteiger partial charge on any atom is 0.417 e. The van der Waals surface area contributed by atoms with Crippen LogP contribution in [0.15, 0.2) is 75.9 Å². The van der Waals surface area contributed by atoms with E-state index in [0.717, 1.165) is 25.2 Å². The average Bonchev–Trinajstić information content (AvgIpc) is 2.89. The van der Waals surface area contributed by atoms with Crippen molar-refractivity contribution in [2.45, 2.75) is 12.7 Å². The van der Waals surface area contributed by atoms with Gasteiger partial charge in [-0.1, -0.05) is 30.3 Å². The van der Waals surface area contributed by atoms with Gasteiger partial charge in [0.2, 0.25) is 0 Å². The minimum absolute atomic E-state index is 0.0280. The normalized spacial score (nSPS) is 14.6. The number of benzene rings is 2. The fourth-order valence-corrected chi connectivity index (χ4v) is 4.22. The van der Waals surface area contributed by atoms with E-state index in [1.54, 1.807) is 18.2 Å². The van der Waals surface area contributed by atoms with E-state index in [1.165, 1.54) is 30.3 Å². The Kier molecular flexibility index (Phi) is 6.77. The Morgan fingerprint density at radius 2 is 1.76 bits per heavy atom. The van der Waals surface area contributed by atoms with Crippen molar-refractivity contribution in [2.24, 2.45) is 0 Å². The molecule has 5 rings (SSSR count). The minimum Gasteiger partial charge on any atom is -0.454 e. The number of rotatable bonds is 5. The number of carbonyl (C=O) groups is 1. The van der Waals surface area contributed by atoms with Crippen molar-refractivity contribution in [1.29, 1.82) is 0 Å². The number of pyridine rings is 1. The quantitative estimate of drug-likeness (QED) is 0.410. The summed E-state index contributed by atoms with van der Waals surface area (Å²) in [5.74, 6) is -0.794. The summed E-state index contributed by atoms with van der Waals surface area (Å²) in [6, 6.07) is 15.5. The van der Waals surface area contributed by atoms with Crippen LogP contribution >= 0.6 is 0 Å². The van der Waals surface area contributed by atoms with Crippen LogP contribution in [0.5, 0.6) is 0 Å². The van der Waals surface area contributed by atoms with E-state index >= 15 is 0 Å². The minimum atomic E-state index is -4.64. The Balaban J connectivity index is 1.47. The molecule has 0 unspecified atom stereocenters. The molecule has 10 heteroatoms. The van der Waals surface area contributed by atoms with Crippen LogP contribution in [0.2, 0.25) is 0 Å². The second kappa shape index (κ2) is 10.2. The molecule has 190 valence electrons. The van der Waals surface area contributed by atoms with Crippen LogP contribution in [-0.4, -0.2) is 42.1 Å². The molecule has 4 aromatic rings. The Hall–Kier alpha value is -4.02. The van der Waals surface area contributed by atoms with Gasteiger partial charge in [0.05, 0.1) is 35.5 Å². The van der Waals surface area contributed by atoms with Crippen LogP contribution in [-0.2, 0) is 17.5 Å². The first-order valence-electron chi connectivity index (χ1n) is 11.6. The molecule has 1 aliphatic heterocycles. The van der Waals surface area contributed by atoms with E-state index in [4.69, 9.17) is 9.15 Å². The monoisotopic (exact) mass is 509 g/mol.